The third-order valence-corrected chi connectivity index (χ3v) is 4.32. The van der Waals surface area contributed by atoms with Gasteiger partial charge in [0.25, 0.3) is 5.91 Å². The molecule has 7 nitrogen and oxygen atoms in total. The van der Waals surface area contributed by atoms with E-state index in [1.54, 1.807) is 18.2 Å². The average molecular weight is 445 g/mol. The maximum Gasteiger partial charge on any atom is 0.276 e. The van der Waals surface area contributed by atoms with Crippen LogP contribution in [0, 0.1) is 5.41 Å². The SMILES string of the molecule is CN(C(=N)N)C(=O)c1cc2c(Cl)ccc(Oc3ccc(CN)cc3)c2[nH]1.Cl.Cl. The van der Waals surface area contributed by atoms with Gasteiger partial charge in [0.2, 0.25) is 0 Å². The Labute approximate surface area is 179 Å². The number of hydrogen-bond acceptors (Lipinski definition) is 4. The van der Waals surface area contributed by atoms with Crippen molar-refractivity contribution in [1.82, 2.24) is 9.88 Å². The highest BCUT2D eigenvalue weighted by Crippen LogP contribution is 2.34. The van der Waals surface area contributed by atoms with E-state index in [4.69, 9.17) is 33.2 Å². The summed E-state index contributed by atoms with van der Waals surface area (Å²) < 4.78 is 5.92. The summed E-state index contributed by atoms with van der Waals surface area (Å²) in [5.74, 6) is 0.364. The van der Waals surface area contributed by atoms with Crippen molar-refractivity contribution in [2.75, 3.05) is 7.05 Å². The Bertz CT molecular complexity index is 989. The molecule has 1 aromatic heterocycles. The van der Waals surface area contributed by atoms with Crippen LogP contribution in [0.1, 0.15) is 16.1 Å². The fourth-order valence-electron chi connectivity index (χ4n) is 2.47. The van der Waals surface area contributed by atoms with E-state index in [1.165, 1.54) is 7.05 Å². The number of aromatic nitrogens is 1. The number of nitrogens with one attached hydrogen (secondary N) is 2. The van der Waals surface area contributed by atoms with Crippen molar-refractivity contribution >= 4 is 59.2 Å². The van der Waals surface area contributed by atoms with Gasteiger partial charge in [0, 0.05) is 19.0 Å². The summed E-state index contributed by atoms with van der Waals surface area (Å²) in [6.07, 6.45) is 0. The summed E-state index contributed by atoms with van der Waals surface area (Å²) in [5.41, 5.74) is 12.8. The number of fused-ring (bicyclic) bond motifs is 1. The van der Waals surface area contributed by atoms with Crippen molar-refractivity contribution in [3.8, 4) is 11.5 Å². The van der Waals surface area contributed by atoms with Gasteiger partial charge >= 0.3 is 0 Å². The fourth-order valence-corrected chi connectivity index (χ4v) is 2.68. The van der Waals surface area contributed by atoms with Gasteiger partial charge in [0.15, 0.2) is 11.7 Å². The molecule has 1 heterocycles. The number of rotatable bonds is 4. The number of aromatic amines is 1. The van der Waals surface area contributed by atoms with Crippen molar-refractivity contribution in [2.24, 2.45) is 11.5 Å². The highest BCUT2D eigenvalue weighted by atomic mass is 35.5. The highest BCUT2D eigenvalue weighted by Gasteiger charge is 2.19. The van der Waals surface area contributed by atoms with Crippen LogP contribution in [0.4, 0.5) is 0 Å². The van der Waals surface area contributed by atoms with E-state index in [9.17, 15) is 4.79 Å². The topological polar surface area (TPSA) is 121 Å². The lowest BCUT2D eigenvalue weighted by Gasteiger charge is -2.12. The zero-order valence-electron chi connectivity index (χ0n) is 14.9. The Hall–Kier alpha value is -2.45. The summed E-state index contributed by atoms with van der Waals surface area (Å²) >= 11 is 6.25. The lowest BCUT2D eigenvalue weighted by Crippen LogP contribution is -2.38. The molecular formula is C18H20Cl3N5O2. The first-order valence-electron chi connectivity index (χ1n) is 7.81. The van der Waals surface area contributed by atoms with Crippen LogP contribution in [-0.2, 0) is 6.54 Å². The standard InChI is InChI=1S/C18H18ClN5O2.2ClH/c1-24(18(21)22)17(25)14-8-12-13(19)6-7-15(16(12)23-14)26-11-4-2-10(9-20)3-5-11;;/h2-8,23H,9,20H2,1H3,(H3,21,22);2*1H. The molecule has 0 spiro atoms. The molecule has 0 atom stereocenters. The van der Waals surface area contributed by atoms with Gasteiger partial charge in [-0.05, 0) is 35.9 Å². The van der Waals surface area contributed by atoms with Gasteiger partial charge in [-0.3, -0.25) is 15.1 Å². The molecule has 0 unspecified atom stereocenters. The number of nitrogens with two attached hydrogens (primary N) is 2. The van der Waals surface area contributed by atoms with Gasteiger partial charge in [-0.15, -0.1) is 24.8 Å². The predicted molar refractivity (Wildman–Crippen MR) is 116 cm³/mol. The number of carbonyl (C=O) groups is 1. The van der Waals surface area contributed by atoms with Crippen LogP contribution < -0.4 is 16.2 Å². The molecule has 0 fully saturated rings. The molecule has 28 heavy (non-hydrogen) atoms. The largest absolute Gasteiger partial charge is 0.455 e. The number of nitrogens with zero attached hydrogens (tertiary/aromatic N) is 1. The Morgan fingerprint density at radius 3 is 2.43 bits per heavy atom. The van der Waals surface area contributed by atoms with Crippen molar-refractivity contribution < 1.29 is 9.53 Å². The van der Waals surface area contributed by atoms with Gasteiger partial charge in [-0.1, -0.05) is 23.7 Å². The van der Waals surface area contributed by atoms with E-state index in [1.807, 2.05) is 24.3 Å². The second kappa shape index (κ2) is 9.66. The molecule has 0 saturated heterocycles. The lowest BCUT2D eigenvalue weighted by molar-refractivity contribution is 0.0864. The summed E-state index contributed by atoms with van der Waals surface area (Å²) in [6.45, 7) is 0.456. The van der Waals surface area contributed by atoms with E-state index >= 15 is 0 Å². The Morgan fingerprint density at radius 2 is 1.86 bits per heavy atom. The molecule has 3 rings (SSSR count). The smallest absolute Gasteiger partial charge is 0.276 e. The van der Waals surface area contributed by atoms with E-state index < -0.39 is 5.91 Å². The number of benzene rings is 2. The van der Waals surface area contributed by atoms with Gasteiger partial charge in [0.1, 0.15) is 11.4 Å². The van der Waals surface area contributed by atoms with Crippen LogP contribution in [0.2, 0.25) is 5.02 Å². The predicted octanol–water partition coefficient (Wildman–Crippen LogP) is 3.88. The average Bonchev–Trinajstić information content (AvgIpc) is 3.10. The molecule has 150 valence electrons. The normalized spacial score (nSPS) is 9.96. The molecule has 1 amide bonds. The zero-order chi connectivity index (χ0) is 18.8. The molecule has 10 heteroatoms. The first-order valence-corrected chi connectivity index (χ1v) is 8.18. The van der Waals surface area contributed by atoms with Gasteiger partial charge in [-0.2, -0.15) is 0 Å². The summed E-state index contributed by atoms with van der Waals surface area (Å²) in [6, 6.07) is 12.4. The Morgan fingerprint density at radius 1 is 1.21 bits per heavy atom. The van der Waals surface area contributed by atoms with Crippen molar-refractivity contribution in [1.29, 1.82) is 5.41 Å². The lowest BCUT2D eigenvalue weighted by atomic mass is 10.2. The molecule has 0 radical (unpaired) electrons. The minimum absolute atomic E-state index is 0. The van der Waals surface area contributed by atoms with Crippen LogP contribution in [0.3, 0.4) is 0 Å². The number of guanidine groups is 1. The summed E-state index contributed by atoms with van der Waals surface area (Å²) in [4.78, 5) is 16.4. The summed E-state index contributed by atoms with van der Waals surface area (Å²) in [7, 11) is 1.42. The number of ether oxygens (including phenoxy) is 1. The second-order valence-electron chi connectivity index (χ2n) is 5.72. The van der Waals surface area contributed by atoms with Crippen LogP contribution in [0.5, 0.6) is 11.5 Å². The maximum absolute atomic E-state index is 12.4. The van der Waals surface area contributed by atoms with Crippen LogP contribution in [0.15, 0.2) is 42.5 Å². The van der Waals surface area contributed by atoms with E-state index in [0.29, 0.717) is 34.0 Å². The van der Waals surface area contributed by atoms with Crippen LogP contribution in [0.25, 0.3) is 10.9 Å². The number of amides is 1. The first kappa shape index (κ1) is 23.6. The Balaban J connectivity index is 0.00000196. The van der Waals surface area contributed by atoms with Crippen molar-refractivity contribution in [3.05, 3.63) is 58.7 Å². The minimum Gasteiger partial charge on any atom is -0.455 e. The molecule has 6 N–H and O–H groups in total. The highest BCUT2D eigenvalue weighted by molar-refractivity contribution is 6.35. The third-order valence-electron chi connectivity index (χ3n) is 3.99. The third kappa shape index (κ3) is 4.69. The Kier molecular flexibility index (Phi) is 8.14. The quantitative estimate of drug-likeness (QED) is 0.360. The molecule has 0 aliphatic heterocycles. The molecule has 0 aliphatic carbocycles. The van der Waals surface area contributed by atoms with Crippen LogP contribution in [-0.4, -0.2) is 28.8 Å². The number of carbonyl (C=O) groups excluding carboxylic acids is 1. The minimum atomic E-state index is -0.442. The van der Waals surface area contributed by atoms with E-state index in [0.717, 1.165) is 10.5 Å². The van der Waals surface area contributed by atoms with Crippen LogP contribution >= 0.6 is 36.4 Å². The van der Waals surface area contributed by atoms with Crippen molar-refractivity contribution in [3.63, 3.8) is 0 Å². The molecule has 0 aliphatic rings. The number of H-pyrrole nitrogens is 1. The van der Waals surface area contributed by atoms with Crippen molar-refractivity contribution in [2.45, 2.75) is 6.54 Å². The summed E-state index contributed by atoms with van der Waals surface area (Å²) in [5, 5.41) is 8.51. The molecule has 2 aromatic carbocycles. The number of halogens is 3. The van der Waals surface area contributed by atoms with Gasteiger partial charge in [-0.25, -0.2) is 0 Å². The zero-order valence-corrected chi connectivity index (χ0v) is 17.3. The van der Waals surface area contributed by atoms with Gasteiger partial charge in [0.05, 0.1) is 10.5 Å². The molecule has 0 bridgehead atoms. The first-order chi connectivity index (χ1) is 12.4. The number of hydrogen-bond donors (Lipinski definition) is 4. The molecule has 3 aromatic rings. The van der Waals surface area contributed by atoms with E-state index in [-0.39, 0.29) is 36.5 Å². The fraction of sp³-hybridized carbons (Fsp3) is 0.111. The monoisotopic (exact) mass is 443 g/mol. The van der Waals surface area contributed by atoms with E-state index in [2.05, 4.69) is 4.98 Å². The van der Waals surface area contributed by atoms with Gasteiger partial charge < -0.3 is 21.2 Å². The molecular weight excluding hydrogens is 425 g/mol. The second-order valence-corrected chi connectivity index (χ2v) is 6.12. The molecule has 0 saturated carbocycles. The maximum atomic E-state index is 12.4.